The molecule has 0 saturated carbocycles. The normalized spacial score (nSPS) is 18.8. The van der Waals surface area contributed by atoms with Crippen LogP contribution in [0, 0.1) is 23.1 Å². The number of anilines is 1. The highest BCUT2D eigenvalue weighted by molar-refractivity contribution is 9.10. The number of ketones is 1. The van der Waals surface area contributed by atoms with Crippen LogP contribution in [0.3, 0.4) is 0 Å². The second-order valence-corrected chi connectivity index (χ2v) is 5.41. The highest BCUT2D eigenvalue weighted by Crippen LogP contribution is 2.33. The van der Waals surface area contributed by atoms with Gasteiger partial charge < -0.3 is 4.90 Å². The van der Waals surface area contributed by atoms with Crippen LogP contribution in [0.1, 0.15) is 19.3 Å². The van der Waals surface area contributed by atoms with Crippen LogP contribution >= 0.6 is 15.9 Å². The summed E-state index contributed by atoms with van der Waals surface area (Å²) in [6, 6.07) is 6.21. The van der Waals surface area contributed by atoms with Crippen molar-refractivity contribution < 1.29 is 14.0 Å². The third-order valence-corrected chi connectivity index (χ3v) is 3.93. The van der Waals surface area contributed by atoms with Gasteiger partial charge in [0.15, 0.2) is 5.78 Å². The number of benzene rings is 1. The maximum atomic E-state index is 13.9. The first-order valence-corrected chi connectivity index (χ1v) is 7.00. The van der Waals surface area contributed by atoms with Crippen molar-refractivity contribution in [3.63, 3.8) is 0 Å². The SMILES string of the molecule is N#CCC(=O)[C@H]1CCCN(c2c(F)cccc2Br)C1=O. The molecule has 0 spiro atoms. The Balaban J connectivity index is 2.32. The van der Waals surface area contributed by atoms with Crippen molar-refractivity contribution in [1.82, 2.24) is 0 Å². The molecule has 1 aromatic carbocycles. The van der Waals surface area contributed by atoms with Crippen LogP contribution in [0.15, 0.2) is 22.7 Å². The molecule has 6 heteroatoms. The molecular formula is C14H12BrFN2O2. The largest absolute Gasteiger partial charge is 0.308 e. The highest BCUT2D eigenvalue weighted by atomic mass is 79.9. The number of carbonyl (C=O) groups is 2. The number of hydrogen-bond donors (Lipinski definition) is 0. The van der Waals surface area contributed by atoms with E-state index in [1.165, 1.54) is 17.0 Å². The minimum Gasteiger partial charge on any atom is -0.308 e. The number of Topliss-reactive ketones (excluding diaryl/α,β-unsaturated/α-hetero) is 1. The molecule has 1 aliphatic rings. The Hall–Kier alpha value is -1.74. The summed E-state index contributed by atoms with van der Waals surface area (Å²) in [5.41, 5.74) is 0.159. The maximum Gasteiger partial charge on any atom is 0.237 e. The van der Waals surface area contributed by atoms with Gasteiger partial charge in [0.1, 0.15) is 5.82 Å². The highest BCUT2D eigenvalue weighted by Gasteiger charge is 2.35. The van der Waals surface area contributed by atoms with Crippen LogP contribution < -0.4 is 4.90 Å². The van der Waals surface area contributed by atoms with Crippen LogP contribution in [-0.2, 0) is 9.59 Å². The average molecular weight is 339 g/mol. The minimum atomic E-state index is -0.838. The summed E-state index contributed by atoms with van der Waals surface area (Å²) in [5, 5.41) is 8.56. The van der Waals surface area contributed by atoms with E-state index in [9.17, 15) is 14.0 Å². The van der Waals surface area contributed by atoms with E-state index >= 15 is 0 Å². The lowest BCUT2D eigenvalue weighted by Gasteiger charge is -2.32. The van der Waals surface area contributed by atoms with E-state index in [1.807, 2.05) is 0 Å². The quantitative estimate of drug-likeness (QED) is 0.796. The number of piperidine rings is 1. The number of hydrogen-bond acceptors (Lipinski definition) is 3. The Morgan fingerprint density at radius 2 is 2.30 bits per heavy atom. The van der Waals surface area contributed by atoms with Crippen molar-refractivity contribution in [2.45, 2.75) is 19.3 Å². The van der Waals surface area contributed by atoms with Gasteiger partial charge in [-0.05, 0) is 40.9 Å². The summed E-state index contributed by atoms with van der Waals surface area (Å²) in [5.74, 6) is -2.17. The lowest BCUT2D eigenvalue weighted by molar-refractivity contribution is -0.133. The van der Waals surface area contributed by atoms with Crippen molar-refractivity contribution in [1.29, 1.82) is 5.26 Å². The van der Waals surface area contributed by atoms with E-state index in [2.05, 4.69) is 15.9 Å². The van der Waals surface area contributed by atoms with Crippen LogP contribution in [0.5, 0.6) is 0 Å². The molecule has 0 aliphatic carbocycles. The fraction of sp³-hybridized carbons (Fsp3) is 0.357. The molecule has 1 saturated heterocycles. The molecule has 0 N–H and O–H groups in total. The van der Waals surface area contributed by atoms with E-state index in [1.54, 1.807) is 12.1 Å². The lowest BCUT2D eigenvalue weighted by Crippen LogP contribution is -2.44. The summed E-state index contributed by atoms with van der Waals surface area (Å²) >= 11 is 3.23. The van der Waals surface area contributed by atoms with Gasteiger partial charge in [0.2, 0.25) is 5.91 Å². The van der Waals surface area contributed by atoms with Gasteiger partial charge in [-0.1, -0.05) is 6.07 Å². The molecule has 104 valence electrons. The molecule has 1 amide bonds. The Kier molecular flexibility index (Phi) is 4.50. The zero-order valence-electron chi connectivity index (χ0n) is 10.6. The van der Waals surface area contributed by atoms with Crippen LogP contribution in [0.2, 0.25) is 0 Å². The van der Waals surface area contributed by atoms with Crippen LogP contribution in [0.25, 0.3) is 0 Å². The van der Waals surface area contributed by atoms with Gasteiger partial charge in [-0.3, -0.25) is 9.59 Å². The lowest BCUT2D eigenvalue weighted by atomic mass is 9.91. The fourth-order valence-electron chi connectivity index (χ4n) is 2.34. The molecule has 1 atom stereocenters. The molecule has 1 aromatic rings. The van der Waals surface area contributed by atoms with Crippen molar-refractivity contribution in [3.8, 4) is 6.07 Å². The van der Waals surface area contributed by atoms with Crippen LogP contribution in [-0.4, -0.2) is 18.2 Å². The first-order valence-electron chi connectivity index (χ1n) is 6.21. The molecule has 20 heavy (non-hydrogen) atoms. The van der Waals surface area contributed by atoms with Gasteiger partial charge >= 0.3 is 0 Å². The Morgan fingerprint density at radius 1 is 1.55 bits per heavy atom. The zero-order chi connectivity index (χ0) is 14.7. The molecule has 2 rings (SSSR count). The third kappa shape index (κ3) is 2.73. The number of nitriles is 1. The summed E-state index contributed by atoms with van der Waals surface area (Å²) in [7, 11) is 0. The van der Waals surface area contributed by atoms with E-state index < -0.39 is 23.4 Å². The molecular weight excluding hydrogens is 327 g/mol. The number of amides is 1. The monoisotopic (exact) mass is 338 g/mol. The summed E-state index contributed by atoms with van der Waals surface area (Å²) < 4.78 is 14.4. The standard InChI is InChI=1S/C14H12BrFN2O2/c15-10-4-1-5-11(16)13(10)18-8-2-3-9(14(18)20)12(19)6-7-17/h1,4-5,9H,2-3,6,8H2/t9-/m1/s1. The van der Waals surface area contributed by atoms with Crippen LogP contribution in [0.4, 0.5) is 10.1 Å². The fourth-order valence-corrected chi connectivity index (χ4v) is 2.90. The van der Waals surface area contributed by atoms with E-state index in [0.717, 1.165) is 0 Å². The van der Waals surface area contributed by atoms with Gasteiger partial charge in [-0.15, -0.1) is 0 Å². The predicted molar refractivity (Wildman–Crippen MR) is 74.4 cm³/mol. The maximum absolute atomic E-state index is 13.9. The second kappa shape index (κ2) is 6.14. The predicted octanol–water partition coefficient (Wildman–Crippen LogP) is 2.81. The Bertz CT molecular complexity index is 577. The first kappa shape index (κ1) is 14.7. The number of halogens is 2. The Morgan fingerprint density at radius 3 is 2.95 bits per heavy atom. The molecule has 1 aliphatic heterocycles. The van der Waals surface area contributed by atoms with Gasteiger partial charge in [-0.25, -0.2) is 4.39 Å². The van der Waals surface area contributed by atoms with Gasteiger partial charge in [0.25, 0.3) is 0 Å². The van der Waals surface area contributed by atoms with E-state index in [-0.39, 0.29) is 12.1 Å². The number of rotatable bonds is 3. The zero-order valence-corrected chi connectivity index (χ0v) is 12.2. The smallest absolute Gasteiger partial charge is 0.237 e. The number of carbonyl (C=O) groups excluding carboxylic acids is 2. The molecule has 4 nitrogen and oxygen atoms in total. The summed E-state index contributed by atoms with van der Waals surface area (Å²) in [4.78, 5) is 25.4. The van der Waals surface area contributed by atoms with Gasteiger partial charge in [0, 0.05) is 11.0 Å². The number of nitrogens with zero attached hydrogens (tertiary/aromatic N) is 2. The van der Waals surface area contributed by atoms with Crippen molar-refractivity contribution in [2.75, 3.05) is 11.4 Å². The molecule has 0 radical (unpaired) electrons. The molecule has 0 aromatic heterocycles. The van der Waals surface area contributed by atoms with Gasteiger partial charge in [-0.2, -0.15) is 5.26 Å². The molecule has 1 fully saturated rings. The molecule has 0 unspecified atom stereocenters. The van der Waals surface area contributed by atoms with Crippen molar-refractivity contribution in [2.24, 2.45) is 5.92 Å². The minimum absolute atomic E-state index is 0.159. The second-order valence-electron chi connectivity index (χ2n) is 4.56. The molecule has 1 heterocycles. The van der Waals surface area contributed by atoms with Crippen molar-refractivity contribution in [3.05, 3.63) is 28.5 Å². The van der Waals surface area contributed by atoms with Gasteiger partial charge in [0.05, 0.1) is 24.1 Å². The first-order chi connectivity index (χ1) is 9.56. The van der Waals surface area contributed by atoms with Crippen molar-refractivity contribution >= 4 is 33.3 Å². The van der Waals surface area contributed by atoms with E-state index in [0.29, 0.717) is 23.9 Å². The average Bonchev–Trinajstić information content (AvgIpc) is 2.40. The molecule has 0 bridgehead atoms. The summed E-state index contributed by atoms with van der Waals surface area (Å²) in [6.45, 7) is 0.370. The summed E-state index contributed by atoms with van der Waals surface area (Å²) in [6.07, 6.45) is 0.735. The third-order valence-electron chi connectivity index (χ3n) is 3.29. The van der Waals surface area contributed by atoms with E-state index in [4.69, 9.17) is 5.26 Å². The topological polar surface area (TPSA) is 61.2 Å². The Labute approximate surface area is 124 Å². The number of para-hydroxylation sites is 1.